The van der Waals surface area contributed by atoms with Crippen LogP contribution in [0.1, 0.15) is 66.7 Å². The fourth-order valence-electron chi connectivity index (χ4n) is 4.75. The maximum atomic E-state index is 12.9. The third-order valence-electron chi connectivity index (χ3n) is 7.00. The van der Waals surface area contributed by atoms with E-state index in [0.29, 0.717) is 65.6 Å². The Morgan fingerprint density at radius 2 is 1.95 bits per heavy atom. The lowest BCUT2D eigenvalue weighted by molar-refractivity contribution is 0.0933. The number of aromatic hydroxyl groups is 1. The number of Topliss-reactive ketones (excluding diaryl/α,β-unsaturated/α-hetero) is 1. The highest BCUT2D eigenvalue weighted by atomic mass is 16.5. The molecule has 0 saturated heterocycles. The number of phenols is 1. The van der Waals surface area contributed by atoms with Gasteiger partial charge in [-0.15, -0.1) is 0 Å². The highest BCUT2D eigenvalue weighted by molar-refractivity contribution is 6.02. The van der Waals surface area contributed by atoms with Gasteiger partial charge >= 0.3 is 0 Å². The summed E-state index contributed by atoms with van der Waals surface area (Å²) in [5.41, 5.74) is 1.90. The summed E-state index contributed by atoms with van der Waals surface area (Å²) in [5, 5.41) is 27.6. The van der Waals surface area contributed by atoms with Crippen LogP contribution < -0.4 is 10.1 Å². The van der Waals surface area contributed by atoms with Gasteiger partial charge in [0.25, 0.3) is 5.91 Å². The average Bonchev–Trinajstić information content (AvgIpc) is 3.42. The number of nitrogens with one attached hydrogen (secondary N) is 1. The van der Waals surface area contributed by atoms with Crippen molar-refractivity contribution in [1.29, 1.82) is 5.26 Å². The number of nitrogens with zero attached hydrogens (tertiary/aromatic N) is 3. The summed E-state index contributed by atoms with van der Waals surface area (Å²) < 4.78 is 12.5. The first kappa shape index (κ1) is 32.8. The van der Waals surface area contributed by atoms with Crippen LogP contribution in [0.4, 0.5) is 0 Å². The van der Waals surface area contributed by atoms with Gasteiger partial charge in [-0.3, -0.25) is 14.3 Å². The van der Waals surface area contributed by atoms with Gasteiger partial charge in [0.2, 0.25) is 0 Å². The fraction of sp³-hybridized carbons (Fsp3) is 0.353. The molecule has 3 aromatic rings. The first-order chi connectivity index (χ1) is 20.8. The minimum Gasteiger partial charge on any atom is -0.506 e. The molecule has 9 heteroatoms. The number of amides is 1. The zero-order valence-electron chi connectivity index (χ0n) is 25.1. The van der Waals surface area contributed by atoms with Gasteiger partial charge in [0.15, 0.2) is 5.78 Å². The second kappa shape index (κ2) is 16.7. The number of rotatable bonds is 17. The van der Waals surface area contributed by atoms with Gasteiger partial charge < -0.3 is 19.9 Å². The standard InChI is InChI=1S/C34H40N4O5/c1-5-8-26(22-38-23-30-31(37-38)18-17-29(33(30)40)34(41)36-19-20-42-4)9-7-10-32(39)27-13-15-28(16-14-27)43-24(3)11-12-25(6-2)21-35/h6,11-18,23,26,40H,2,5,7-10,19-20,22H2,1,3-4H3,(H,36,41)/b24-11+,25-12+. The Balaban J connectivity index is 1.56. The van der Waals surface area contributed by atoms with Crippen molar-refractivity contribution >= 4 is 22.6 Å². The molecule has 1 heterocycles. The number of phenolic OH excluding ortho intramolecular Hbond substituents is 1. The van der Waals surface area contributed by atoms with Crippen molar-refractivity contribution < 1.29 is 24.2 Å². The van der Waals surface area contributed by atoms with E-state index in [1.165, 1.54) is 6.08 Å². The van der Waals surface area contributed by atoms with E-state index in [1.807, 2.05) is 10.8 Å². The quantitative estimate of drug-likeness (QED) is 0.0609. The van der Waals surface area contributed by atoms with E-state index in [2.05, 4.69) is 23.9 Å². The lowest BCUT2D eigenvalue weighted by Gasteiger charge is -2.16. The first-order valence-electron chi connectivity index (χ1n) is 14.5. The Morgan fingerprint density at radius 3 is 2.63 bits per heavy atom. The Morgan fingerprint density at radius 1 is 1.19 bits per heavy atom. The molecule has 1 aromatic heterocycles. The number of fused-ring (bicyclic) bond motifs is 1. The molecule has 1 unspecified atom stereocenters. The maximum absolute atomic E-state index is 12.9. The van der Waals surface area contributed by atoms with Gasteiger partial charge in [0.05, 0.1) is 34.7 Å². The van der Waals surface area contributed by atoms with Crippen LogP contribution in [-0.4, -0.2) is 46.8 Å². The zero-order chi connectivity index (χ0) is 31.2. The molecular formula is C34H40N4O5. The summed E-state index contributed by atoms with van der Waals surface area (Å²) in [6.45, 7) is 8.90. The smallest absolute Gasteiger partial charge is 0.255 e. The van der Waals surface area contributed by atoms with Crippen molar-refractivity contribution in [3.63, 3.8) is 0 Å². The van der Waals surface area contributed by atoms with Crippen LogP contribution in [0.5, 0.6) is 11.5 Å². The molecule has 0 bridgehead atoms. The van der Waals surface area contributed by atoms with Gasteiger partial charge in [0.1, 0.15) is 17.3 Å². The highest BCUT2D eigenvalue weighted by Gasteiger charge is 2.17. The Hall–Kier alpha value is -4.68. The highest BCUT2D eigenvalue weighted by Crippen LogP contribution is 2.29. The summed E-state index contributed by atoms with van der Waals surface area (Å²) >= 11 is 0. The molecule has 1 atom stereocenters. The molecule has 1 amide bonds. The SMILES string of the molecule is C=C/C(C#N)=C\C=C(/C)Oc1ccc(C(=O)CCCC(CCC)Cn2cc3c(O)c(C(=O)NCCOC)ccc3n2)cc1. The van der Waals surface area contributed by atoms with E-state index in [-0.39, 0.29) is 23.0 Å². The molecule has 0 radical (unpaired) electrons. The van der Waals surface area contributed by atoms with Crippen LogP contribution in [0.2, 0.25) is 0 Å². The topological polar surface area (TPSA) is 126 Å². The third-order valence-corrected chi connectivity index (χ3v) is 7.00. The lowest BCUT2D eigenvalue weighted by Crippen LogP contribution is -2.26. The van der Waals surface area contributed by atoms with Crippen LogP contribution in [-0.2, 0) is 11.3 Å². The molecule has 0 aliphatic carbocycles. The predicted molar refractivity (Wildman–Crippen MR) is 167 cm³/mol. The number of carbonyl (C=O) groups excluding carboxylic acids is 2. The summed E-state index contributed by atoms with van der Waals surface area (Å²) in [7, 11) is 1.56. The molecule has 0 aliphatic heterocycles. The number of hydrogen-bond donors (Lipinski definition) is 2. The molecule has 2 aromatic carbocycles. The van der Waals surface area contributed by atoms with E-state index in [1.54, 1.807) is 68.8 Å². The summed E-state index contributed by atoms with van der Waals surface area (Å²) in [5.74, 6) is 1.16. The van der Waals surface area contributed by atoms with Crippen molar-refractivity contribution in [2.24, 2.45) is 5.92 Å². The first-order valence-corrected chi connectivity index (χ1v) is 14.5. The van der Waals surface area contributed by atoms with Crippen molar-refractivity contribution in [2.75, 3.05) is 20.3 Å². The number of methoxy groups -OCH3 is 1. The average molecular weight is 585 g/mol. The monoisotopic (exact) mass is 584 g/mol. The van der Waals surface area contributed by atoms with Crippen LogP contribution in [0.15, 0.2) is 78.7 Å². The van der Waals surface area contributed by atoms with Crippen LogP contribution >= 0.6 is 0 Å². The number of hydrogen-bond acceptors (Lipinski definition) is 7. The Bertz CT molecular complexity index is 1510. The summed E-state index contributed by atoms with van der Waals surface area (Å²) in [4.78, 5) is 25.3. The van der Waals surface area contributed by atoms with Crippen LogP contribution in [0.3, 0.4) is 0 Å². The molecule has 0 aliphatic rings. The normalized spacial score (nSPS) is 12.5. The van der Waals surface area contributed by atoms with Crippen molar-refractivity contribution in [2.45, 2.75) is 52.5 Å². The van der Waals surface area contributed by atoms with Crippen molar-refractivity contribution in [1.82, 2.24) is 15.1 Å². The van der Waals surface area contributed by atoms with Gasteiger partial charge in [-0.05, 0) is 80.7 Å². The number of allylic oxidation sites excluding steroid dienone is 5. The van der Waals surface area contributed by atoms with E-state index in [0.717, 1.165) is 25.7 Å². The van der Waals surface area contributed by atoms with E-state index >= 15 is 0 Å². The number of ether oxygens (including phenoxy) is 2. The molecule has 0 spiro atoms. The van der Waals surface area contributed by atoms with Crippen LogP contribution in [0, 0.1) is 17.2 Å². The number of nitriles is 1. The predicted octanol–water partition coefficient (Wildman–Crippen LogP) is 6.51. The zero-order valence-corrected chi connectivity index (χ0v) is 25.1. The number of aromatic nitrogens is 2. The molecule has 2 N–H and O–H groups in total. The second-order valence-electron chi connectivity index (χ2n) is 10.3. The molecule has 43 heavy (non-hydrogen) atoms. The molecular weight excluding hydrogens is 544 g/mol. The minimum atomic E-state index is -0.362. The van der Waals surface area contributed by atoms with Gasteiger partial charge in [0, 0.05) is 38.4 Å². The molecule has 0 fully saturated rings. The minimum absolute atomic E-state index is 0.0766. The molecule has 9 nitrogen and oxygen atoms in total. The molecule has 0 saturated carbocycles. The molecule has 3 rings (SSSR count). The Labute approximate surface area is 253 Å². The van der Waals surface area contributed by atoms with Gasteiger partial charge in [-0.2, -0.15) is 10.4 Å². The lowest BCUT2D eigenvalue weighted by atomic mass is 9.95. The van der Waals surface area contributed by atoms with E-state index < -0.39 is 0 Å². The van der Waals surface area contributed by atoms with E-state index in [9.17, 15) is 14.7 Å². The summed E-state index contributed by atoms with van der Waals surface area (Å²) in [6, 6.07) is 12.4. The summed E-state index contributed by atoms with van der Waals surface area (Å²) in [6.07, 6.45) is 10.6. The van der Waals surface area contributed by atoms with Gasteiger partial charge in [-0.1, -0.05) is 26.0 Å². The largest absolute Gasteiger partial charge is 0.506 e. The Kier molecular flexibility index (Phi) is 12.7. The van der Waals surface area contributed by atoms with E-state index in [4.69, 9.17) is 14.7 Å². The number of ketones is 1. The maximum Gasteiger partial charge on any atom is 0.255 e. The number of benzene rings is 2. The van der Waals surface area contributed by atoms with Gasteiger partial charge in [-0.25, -0.2) is 0 Å². The molecule has 226 valence electrons. The second-order valence-corrected chi connectivity index (χ2v) is 10.3. The number of carbonyl (C=O) groups is 2. The fourth-order valence-corrected chi connectivity index (χ4v) is 4.75. The third kappa shape index (κ3) is 9.69. The van der Waals surface area contributed by atoms with Crippen LogP contribution in [0.25, 0.3) is 10.9 Å². The van der Waals surface area contributed by atoms with Crippen molar-refractivity contribution in [3.8, 4) is 17.6 Å². The van der Waals surface area contributed by atoms with Crippen molar-refractivity contribution in [3.05, 3.63) is 89.9 Å².